The zero-order valence-electron chi connectivity index (χ0n) is 11.7. The molecule has 1 aromatic rings. The fourth-order valence-corrected chi connectivity index (χ4v) is 4.63. The van der Waals surface area contributed by atoms with E-state index in [0.717, 1.165) is 11.8 Å². The second-order valence-electron chi connectivity index (χ2n) is 6.64. The molecule has 1 heteroatoms. The van der Waals surface area contributed by atoms with Crippen LogP contribution in [0.1, 0.15) is 36.8 Å². The van der Waals surface area contributed by atoms with E-state index in [1.165, 1.54) is 49.8 Å². The molecule has 98 valence electrons. The molecule has 3 unspecified atom stereocenters. The van der Waals surface area contributed by atoms with E-state index in [-0.39, 0.29) is 0 Å². The Labute approximate surface area is 111 Å². The van der Waals surface area contributed by atoms with Gasteiger partial charge in [-0.05, 0) is 62.5 Å². The maximum Gasteiger partial charge on any atom is 0.00108 e. The standard InChI is InChI=1S/C17H25N/c1-13-4-3-5-14(8-13)10-17(12-18-2)11-15-6-7-16(17)9-15/h3-5,8,15-16,18H,6-7,9-12H2,1-2H3. The van der Waals surface area contributed by atoms with Crippen LogP contribution in [0.3, 0.4) is 0 Å². The lowest BCUT2D eigenvalue weighted by Gasteiger charge is -2.38. The smallest absolute Gasteiger partial charge is 0.00108 e. The molecule has 2 aliphatic rings. The summed E-state index contributed by atoms with van der Waals surface area (Å²) in [5.74, 6) is 1.99. The van der Waals surface area contributed by atoms with Gasteiger partial charge in [-0.2, -0.15) is 0 Å². The van der Waals surface area contributed by atoms with E-state index < -0.39 is 0 Å². The van der Waals surface area contributed by atoms with Crippen LogP contribution in [0.5, 0.6) is 0 Å². The van der Waals surface area contributed by atoms with Crippen LogP contribution in [-0.2, 0) is 6.42 Å². The summed E-state index contributed by atoms with van der Waals surface area (Å²) in [4.78, 5) is 0. The predicted octanol–water partition coefficient (Wildman–Crippen LogP) is 3.56. The van der Waals surface area contributed by atoms with Crippen LogP contribution in [-0.4, -0.2) is 13.6 Å². The van der Waals surface area contributed by atoms with Crippen molar-refractivity contribution >= 4 is 0 Å². The molecule has 3 rings (SSSR count). The van der Waals surface area contributed by atoms with E-state index in [1.54, 1.807) is 0 Å². The molecule has 0 amide bonds. The number of nitrogens with one attached hydrogen (secondary N) is 1. The highest BCUT2D eigenvalue weighted by Crippen LogP contribution is 2.57. The molecule has 3 atom stereocenters. The van der Waals surface area contributed by atoms with Crippen LogP contribution in [0.15, 0.2) is 24.3 Å². The van der Waals surface area contributed by atoms with Crippen molar-refractivity contribution in [2.45, 2.75) is 39.0 Å². The highest BCUT2D eigenvalue weighted by atomic mass is 14.8. The number of hydrogen-bond acceptors (Lipinski definition) is 1. The maximum atomic E-state index is 3.47. The SMILES string of the molecule is CNCC1(Cc2cccc(C)c2)CC2CCC1C2. The van der Waals surface area contributed by atoms with Gasteiger partial charge in [-0.3, -0.25) is 0 Å². The third-order valence-corrected chi connectivity index (χ3v) is 5.27. The maximum absolute atomic E-state index is 3.47. The minimum Gasteiger partial charge on any atom is -0.319 e. The number of rotatable bonds is 4. The van der Waals surface area contributed by atoms with E-state index in [0.29, 0.717) is 5.41 Å². The van der Waals surface area contributed by atoms with Crippen molar-refractivity contribution in [2.75, 3.05) is 13.6 Å². The fourth-order valence-electron chi connectivity index (χ4n) is 4.63. The molecule has 0 saturated heterocycles. The van der Waals surface area contributed by atoms with Gasteiger partial charge >= 0.3 is 0 Å². The highest BCUT2D eigenvalue weighted by Gasteiger charge is 2.50. The normalized spacial score (nSPS) is 34.1. The minimum atomic E-state index is 0.547. The lowest BCUT2D eigenvalue weighted by atomic mass is 9.69. The molecule has 2 fully saturated rings. The molecular weight excluding hydrogens is 218 g/mol. The zero-order valence-corrected chi connectivity index (χ0v) is 11.7. The van der Waals surface area contributed by atoms with Gasteiger partial charge in [0.15, 0.2) is 0 Å². The average Bonchev–Trinajstić information content (AvgIpc) is 2.89. The van der Waals surface area contributed by atoms with Crippen LogP contribution in [0.4, 0.5) is 0 Å². The average molecular weight is 243 g/mol. The second kappa shape index (κ2) is 4.70. The van der Waals surface area contributed by atoms with Gasteiger partial charge in [-0.1, -0.05) is 36.2 Å². The summed E-state index contributed by atoms with van der Waals surface area (Å²) in [5, 5.41) is 3.47. The van der Waals surface area contributed by atoms with E-state index in [1.807, 2.05) is 0 Å². The van der Waals surface area contributed by atoms with Gasteiger partial charge in [0, 0.05) is 6.54 Å². The first-order valence-corrected chi connectivity index (χ1v) is 7.42. The van der Waals surface area contributed by atoms with Crippen molar-refractivity contribution in [1.29, 1.82) is 0 Å². The first-order valence-electron chi connectivity index (χ1n) is 7.42. The van der Waals surface area contributed by atoms with Crippen molar-refractivity contribution in [3.05, 3.63) is 35.4 Å². The topological polar surface area (TPSA) is 12.0 Å². The molecule has 1 aromatic carbocycles. The summed E-state index contributed by atoms with van der Waals surface area (Å²) in [6.07, 6.45) is 7.18. The summed E-state index contributed by atoms with van der Waals surface area (Å²) < 4.78 is 0. The molecule has 0 spiro atoms. The van der Waals surface area contributed by atoms with Crippen LogP contribution in [0.2, 0.25) is 0 Å². The molecule has 1 nitrogen and oxygen atoms in total. The van der Waals surface area contributed by atoms with Crippen molar-refractivity contribution in [1.82, 2.24) is 5.32 Å². The van der Waals surface area contributed by atoms with E-state index in [4.69, 9.17) is 0 Å². The van der Waals surface area contributed by atoms with E-state index in [9.17, 15) is 0 Å². The molecule has 18 heavy (non-hydrogen) atoms. The first kappa shape index (κ1) is 12.2. The summed E-state index contributed by atoms with van der Waals surface area (Å²) >= 11 is 0. The van der Waals surface area contributed by atoms with Gasteiger partial charge in [0.05, 0.1) is 0 Å². The number of fused-ring (bicyclic) bond motifs is 2. The highest BCUT2D eigenvalue weighted by molar-refractivity contribution is 5.24. The lowest BCUT2D eigenvalue weighted by Crippen LogP contribution is -2.39. The number of aryl methyl sites for hydroxylation is 1. The summed E-state index contributed by atoms with van der Waals surface area (Å²) in [5.41, 5.74) is 3.49. The second-order valence-corrected chi connectivity index (χ2v) is 6.64. The van der Waals surface area contributed by atoms with E-state index in [2.05, 4.69) is 43.6 Å². The number of benzene rings is 1. The molecule has 0 aromatic heterocycles. The van der Waals surface area contributed by atoms with Gasteiger partial charge in [-0.15, -0.1) is 0 Å². The minimum absolute atomic E-state index is 0.547. The van der Waals surface area contributed by atoms with Crippen LogP contribution >= 0.6 is 0 Å². The lowest BCUT2D eigenvalue weighted by molar-refractivity contribution is 0.160. The Morgan fingerprint density at radius 3 is 2.83 bits per heavy atom. The molecule has 2 saturated carbocycles. The Balaban J connectivity index is 1.83. The predicted molar refractivity (Wildman–Crippen MR) is 76.7 cm³/mol. The quantitative estimate of drug-likeness (QED) is 0.852. The fraction of sp³-hybridized carbons (Fsp3) is 0.647. The van der Waals surface area contributed by atoms with E-state index >= 15 is 0 Å². The number of hydrogen-bond donors (Lipinski definition) is 1. The molecule has 0 radical (unpaired) electrons. The Kier molecular flexibility index (Phi) is 3.19. The van der Waals surface area contributed by atoms with Gasteiger partial charge in [0.1, 0.15) is 0 Å². The molecule has 2 aliphatic carbocycles. The summed E-state index contributed by atoms with van der Waals surface area (Å²) in [6.45, 7) is 3.40. The Morgan fingerprint density at radius 2 is 2.22 bits per heavy atom. The van der Waals surface area contributed by atoms with Gasteiger partial charge in [0.2, 0.25) is 0 Å². The summed E-state index contributed by atoms with van der Waals surface area (Å²) in [6, 6.07) is 9.11. The van der Waals surface area contributed by atoms with Gasteiger partial charge < -0.3 is 5.32 Å². The van der Waals surface area contributed by atoms with Gasteiger partial charge in [-0.25, -0.2) is 0 Å². The first-order chi connectivity index (χ1) is 8.72. The van der Waals surface area contributed by atoms with Crippen molar-refractivity contribution < 1.29 is 0 Å². The zero-order chi connectivity index (χ0) is 12.6. The Hall–Kier alpha value is -0.820. The molecular formula is C17H25N. The van der Waals surface area contributed by atoms with Crippen LogP contribution in [0, 0.1) is 24.2 Å². The van der Waals surface area contributed by atoms with Crippen molar-refractivity contribution in [3.63, 3.8) is 0 Å². The molecule has 0 aliphatic heterocycles. The Bertz CT molecular complexity index is 425. The Morgan fingerprint density at radius 1 is 1.33 bits per heavy atom. The van der Waals surface area contributed by atoms with Gasteiger partial charge in [0.25, 0.3) is 0 Å². The largest absolute Gasteiger partial charge is 0.319 e. The monoisotopic (exact) mass is 243 g/mol. The van der Waals surface area contributed by atoms with Crippen LogP contribution in [0.25, 0.3) is 0 Å². The van der Waals surface area contributed by atoms with Crippen molar-refractivity contribution in [2.24, 2.45) is 17.3 Å². The third-order valence-electron chi connectivity index (χ3n) is 5.27. The third kappa shape index (κ3) is 2.09. The summed E-state index contributed by atoms with van der Waals surface area (Å²) in [7, 11) is 2.12. The van der Waals surface area contributed by atoms with Crippen molar-refractivity contribution in [3.8, 4) is 0 Å². The molecule has 0 heterocycles. The molecule has 2 bridgehead atoms. The molecule has 1 N–H and O–H groups in total. The van der Waals surface area contributed by atoms with Crippen LogP contribution < -0.4 is 5.32 Å².